The van der Waals surface area contributed by atoms with Gasteiger partial charge in [-0.05, 0) is 23.8 Å². The molecule has 0 amide bonds. The monoisotopic (exact) mass is 303 g/mol. The van der Waals surface area contributed by atoms with Crippen LogP contribution < -0.4 is 0 Å². The van der Waals surface area contributed by atoms with E-state index in [1.54, 1.807) is 12.1 Å². The molecule has 0 saturated carbocycles. The van der Waals surface area contributed by atoms with Crippen molar-refractivity contribution in [3.63, 3.8) is 0 Å². The Morgan fingerprint density at radius 1 is 1.06 bits per heavy atom. The lowest BCUT2D eigenvalue weighted by molar-refractivity contribution is 0.111. The van der Waals surface area contributed by atoms with Crippen LogP contribution in [0.3, 0.4) is 0 Å². The summed E-state index contributed by atoms with van der Waals surface area (Å²) in [6.07, 6.45) is 1.71. The Kier molecular flexibility index (Phi) is 3.85. The van der Waals surface area contributed by atoms with Crippen molar-refractivity contribution in [3.05, 3.63) is 51.0 Å². The van der Waals surface area contributed by atoms with E-state index in [9.17, 15) is 9.18 Å². The summed E-state index contributed by atoms with van der Waals surface area (Å²) in [7, 11) is 0. The number of hydrogen-bond acceptors (Lipinski definition) is 2. The van der Waals surface area contributed by atoms with Gasteiger partial charge in [0.25, 0.3) is 0 Å². The Morgan fingerprint density at radius 2 is 1.67 bits per heavy atom. The predicted octanol–water partition coefficient (Wildman–Crippen LogP) is 4.66. The molecular formula is C12H5Cl3FNO. The van der Waals surface area contributed by atoms with Crippen LogP contribution in [0, 0.1) is 5.82 Å². The molecule has 2 nitrogen and oxygen atoms in total. The molecule has 0 aliphatic carbocycles. The lowest BCUT2D eigenvalue weighted by Crippen LogP contribution is -1.93. The Labute approximate surface area is 117 Å². The normalized spacial score (nSPS) is 10.4. The van der Waals surface area contributed by atoms with Crippen LogP contribution in [-0.2, 0) is 0 Å². The molecule has 1 aromatic heterocycles. The van der Waals surface area contributed by atoms with Crippen LogP contribution in [0.4, 0.5) is 4.39 Å². The van der Waals surface area contributed by atoms with E-state index in [2.05, 4.69) is 4.98 Å². The van der Waals surface area contributed by atoms with Gasteiger partial charge in [-0.2, -0.15) is 0 Å². The smallest absolute Gasteiger partial charge is 0.171 e. The number of rotatable bonds is 2. The molecule has 0 fully saturated rings. The zero-order valence-electron chi connectivity index (χ0n) is 8.75. The summed E-state index contributed by atoms with van der Waals surface area (Å²) in [5.41, 5.74) is 0.779. The van der Waals surface area contributed by atoms with Crippen LogP contribution in [-0.4, -0.2) is 11.3 Å². The molecule has 0 saturated heterocycles. The average molecular weight is 305 g/mol. The van der Waals surface area contributed by atoms with Gasteiger partial charge in [0, 0.05) is 11.8 Å². The number of carbonyl (C=O) groups is 1. The molecule has 0 aliphatic rings. The molecule has 0 atom stereocenters. The van der Waals surface area contributed by atoms with E-state index in [4.69, 9.17) is 34.8 Å². The number of pyridine rings is 1. The summed E-state index contributed by atoms with van der Waals surface area (Å²) in [6, 6.07) is 4.28. The topological polar surface area (TPSA) is 30.0 Å². The number of nitrogens with zero attached hydrogens (tertiary/aromatic N) is 1. The van der Waals surface area contributed by atoms with Crippen molar-refractivity contribution >= 4 is 41.1 Å². The highest BCUT2D eigenvalue weighted by Crippen LogP contribution is 2.35. The van der Waals surface area contributed by atoms with Crippen molar-refractivity contribution in [2.24, 2.45) is 0 Å². The first-order valence-corrected chi connectivity index (χ1v) is 5.92. The summed E-state index contributed by atoms with van der Waals surface area (Å²) < 4.78 is 13.4. The minimum atomic E-state index is -0.704. The third-order valence-corrected chi connectivity index (χ3v) is 3.50. The van der Waals surface area contributed by atoms with E-state index < -0.39 is 5.82 Å². The molecule has 0 N–H and O–H groups in total. The maximum Gasteiger partial charge on any atom is 0.171 e. The second kappa shape index (κ2) is 5.22. The Hall–Kier alpha value is -1.16. The minimum absolute atomic E-state index is 0.236. The fourth-order valence-electron chi connectivity index (χ4n) is 1.42. The van der Waals surface area contributed by atoms with Crippen LogP contribution >= 0.6 is 34.8 Å². The van der Waals surface area contributed by atoms with Gasteiger partial charge < -0.3 is 0 Å². The van der Waals surface area contributed by atoms with E-state index in [0.717, 1.165) is 0 Å². The van der Waals surface area contributed by atoms with Gasteiger partial charge in [0.1, 0.15) is 5.69 Å². The standard InChI is InChI=1S/C12H5Cl3FNO/c13-8-1-6(2-9(14)12(8)15)7-3-10(16)11(5-18)17-4-7/h1-5H. The Morgan fingerprint density at radius 3 is 2.17 bits per heavy atom. The molecule has 6 heteroatoms. The molecule has 0 spiro atoms. The largest absolute Gasteiger partial charge is 0.296 e. The SMILES string of the molecule is O=Cc1ncc(-c2cc(Cl)c(Cl)c(Cl)c2)cc1F. The van der Waals surface area contributed by atoms with Gasteiger partial charge in [0.2, 0.25) is 0 Å². The van der Waals surface area contributed by atoms with Gasteiger partial charge in [-0.25, -0.2) is 9.37 Å². The first-order valence-electron chi connectivity index (χ1n) is 4.78. The molecular weight excluding hydrogens is 299 g/mol. The van der Waals surface area contributed by atoms with Gasteiger partial charge in [-0.3, -0.25) is 4.79 Å². The van der Waals surface area contributed by atoms with Crippen molar-refractivity contribution in [3.8, 4) is 11.1 Å². The first-order chi connectivity index (χ1) is 8.52. The van der Waals surface area contributed by atoms with Crippen molar-refractivity contribution in [1.82, 2.24) is 4.98 Å². The van der Waals surface area contributed by atoms with Crippen LogP contribution in [0.1, 0.15) is 10.5 Å². The van der Waals surface area contributed by atoms with E-state index >= 15 is 0 Å². The quantitative estimate of drug-likeness (QED) is 0.596. The highest BCUT2D eigenvalue weighted by Gasteiger charge is 2.10. The number of hydrogen-bond donors (Lipinski definition) is 0. The molecule has 1 aromatic carbocycles. The summed E-state index contributed by atoms with van der Waals surface area (Å²) in [5.74, 6) is -0.704. The van der Waals surface area contributed by atoms with Crippen LogP contribution in [0.5, 0.6) is 0 Å². The van der Waals surface area contributed by atoms with Gasteiger partial charge in [-0.15, -0.1) is 0 Å². The lowest BCUT2D eigenvalue weighted by atomic mass is 10.1. The molecule has 0 unspecified atom stereocenters. The molecule has 0 bridgehead atoms. The average Bonchev–Trinajstić information content (AvgIpc) is 2.35. The van der Waals surface area contributed by atoms with E-state index in [0.29, 0.717) is 17.4 Å². The van der Waals surface area contributed by atoms with Gasteiger partial charge in [-0.1, -0.05) is 34.8 Å². The minimum Gasteiger partial charge on any atom is -0.296 e. The molecule has 18 heavy (non-hydrogen) atoms. The molecule has 1 heterocycles. The fraction of sp³-hybridized carbons (Fsp3) is 0. The van der Waals surface area contributed by atoms with Crippen molar-refractivity contribution in [2.45, 2.75) is 0 Å². The second-order valence-electron chi connectivity index (χ2n) is 3.46. The zero-order chi connectivity index (χ0) is 13.3. The van der Waals surface area contributed by atoms with Gasteiger partial charge in [0.15, 0.2) is 12.1 Å². The van der Waals surface area contributed by atoms with E-state index in [-0.39, 0.29) is 20.8 Å². The van der Waals surface area contributed by atoms with Gasteiger partial charge >= 0.3 is 0 Å². The number of benzene rings is 1. The first kappa shape index (κ1) is 13.3. The van der Waals surface area contributed by atoms with Crippen LogP contribution in [0.25, 0.3) is 11.1 Å². The number of aromatic nitrogens is 1. The second-order valence-corrected chi connectivity index (χ2v) is 4.66. The Bertz CT molecular complexity index is 608. The maximum absolute atomic E-state index is 13.4. The summed E-state index contributed by atoms with van der Waals surface area (Å²) in [4.78, 5) is 14.2. The highest BCUT2D eigenvalue weighted by atomic mass is 35.5. The maximum atomic E-state index is 13.4. The van der Waals surface area contributed by atoms with E-state index in [1.807, 2.05) is 0 Å². The number of aldehydes is 1. The molecule has 2 rings (SSSR count). The molecule has 0 aliphatic heterocycles. The third-order valence-electron chi connectivity index (χ3n) is 2.30. The van der Waals surface area contributed by atoms with Crippen LogP contribution in [0.15, 0.2) is 24.4 Å². The predicted molar refractivity (Wildman–Crippen MR) is 70.0 cm³/mol. The summed E-state index contributed by atoms with van der Waals surface area (Å²) >= 11 is 17.6. The zero-order valence-corrected chi connectivity index (χ0v) is 11.0. The van der Waals surface area contributed by atoms with Crippen molar-refractivity contribution < 1.29 is 9.18 Å². The van der Waals surface area contributed by atoms with Gasteiger partial charge in [0.05, 0.1) is 15.1 Å². The highest BCUT2D eigenvalue weighted by molar-refractivity contribution is 6.48. The molecule has 0 radical (unpaired) electrons. The summed E-state index contributed by atoms with van der Waals surface area (Å²) in [6.45, 7) is 0. The molecule has 2 aromatic rings. The van der Waals surface area contributed by atoms with Crippen molar-refractivity contribution in [2.75, 3.05) is 0 Å². The van der Waals surface area contributed by atoms with E-state index in [1.165, 1.54) is 12.3 Å². The lowest BCUT2D eigenvalue weighted by Gasteiger charge is -2.06. The van der Waals surface area contributed by atoms with Crippen molar-refractivity contribution in [1.29, 1.82) is 0 Å². The molecule has 92 valence electrons. The third kappa shape index (κ3) is 2.48. The van der Waals surface area contributed by atoms with Crippen LogP contribution in [0.2, 0.25) is 15.1 Å². The Balaban J connectivity index is 2.55. The number of halogens is 4. The summed E-state index contributed by atoms with van der Waals surface area (Å²) in [5, 5.41) is 0.762. The fourth-order valence-corrected chi connectivity index (χ4v) is 2.01. The number of carbonyl (C=O) groups excluding carboxylic acids is 1.